The molecular formula is C6H18N6O2P4S2. The van der Waals surface area contributed by atoms with Crippen molar-refractivity contribution in [3.05, 3.63) is 0 Å². The number of hydrogen-bond acceptors (Lipinski definition) is 4. The van der Waals surface area contributed by atoms with Crippen LogP contribution in [0.1, 0.15) is 0 Å². The maximum absolute atomic E-state index is 13.6. The fraction of sp³-hybridized carbons (Fsp3) is 1.00. The van der Waals surface area contributed by atoms with Gasteiger partial charge in [0.1, 0.15) is 0 Å². The average Bonchev–Trinajstić information content (AvgIpc) is 2.43. The summed E-state index contributed by atoms with van der Waals surface area (Å²) in [6.07, 6.45) is 0. The van der Waals surface area contributed by atoms with Crippen molar-refractivity contribution < 1.29 is 9.13 Å². The highest BCUT2D eigenvalue weighted by Gasteiger charge is 2.76. The van der Waals surface area contributed by atoms with Crippen LogP contribution in [0.5, 0.6) is 0 Å². The summed E-state index contributed by atoms with van der Waals surface area (Å²) < 4.78 is 37.6. The van der Waals surface area contributed by atoms with Gasteiger partial charge in [-0.2, -0.15) is 26.6 Å². The lowest BCUT2D eigenvalue weighted by atomic mass is 11.5. The van der Waals surface area contributed by atoms with E-state index >= 15 is 0 Å². The molecule has 0 saturated carbocycles. The van der Waals surface area contributed by atoms with Gasteiger partial charge in [0, 0.05) is 42.3 Å². The summed E-state index contributed by atoms with van der Waals surface area (Å²) in [5.41, 5.74) is 0. The molecule has 4 saturated heterocycles. The topological polar surface area (TPSA) is 53.6 Å². The molecule has 0 radical (unpaired) electrons. The molecule has 0 spiro atoms. The first-order chi connectivity index (χ1) is 8.93. The summed E-state index contributed by atoms with van der Waals surface area (Å²) in [5.74, 6) is 0. The smallest absolute Gasteiger partial charge is 0.269 e. The van der Waals surface area contributed by atoms with Crippen LogP contribution in [0.15, 0.2) is 0 Å². The Bertz CT molecular complexity index is 503. The van der Waals surface area contributed by atoms with Crippen molar-refractivity contribution in [3.8, 4) is 0 Å². The van der Waals surface area contributed by atoms with Crippen LogP contribution >= 0.6 is 28.2 Å². The van der Waals surface area contributed by atoms with Crippen molar-refractivity contribution in [3.63, 3.8) is 0 Å². The van der Waals surface area contributed by atoms with Crippen LogP contribution in [0.3, 0.4) is 0 Å². The van der Waals surface area contributed by atoms with E-state index in [1.54, 1.807) is 53.0 Å². The molecule has 0 atom stereocenters. The molecule has 4 aliphatic rings. The number of nitrogens with zero attached hydrogens (tertiary/aromatic N) is 6. The third-order valence-corrected chi connectivity index (χ3v) is 28.8. The summed E-state index contributed by atoms with van der Waals surface area (Å²) in [4.78, 5) is 0. The minimum Gasteiger partial charge on any atom is -0.269 e. The Kier molecular flexibility index (Phi) is 3.38. The van der Waals surface area contributed by atoms with Crippen LogP contribution in [-0.4, -0.2) is 68.9 Å². The van der Waals surface area contributed by atoms with E-state index in [0.29, 0.717) is 0 Å². The van der Waals surface area contributed by atoms with Gasteiger partial charge in [0.25, 0.3) is 0 Å². The van der Waals surface area contributed by atoms with Crippen molar-refractivity contribution in [2.75, 3.05) is 42.3 Å². The van der Waals surface area contributed by atoms with Crippen LogP contribution in [0, 0.1) is 0 Å². The second kappa shape index (κ2) is 4.13. The van der Waals surface area contributed by atoms with E-state index in [-0.39, 0.29) is 0 Å². The Morgan fingerprint density at radius 2 is 0.800 bits per heavy atom. The maximum atomic E-state index is 13.6. The highest BCUT2D eigenvalue weighted by Crippen LogP contribution is 3.02. The molecule has 4 bridgehead atoms. The van der Waals surface area contributed by atoms with Gasteiger partial charge in [-0.15, -0.1) is 0 Å². The van der Waals surface area contributed by atoms with Crippen LogP contribution < -0.4 is 0 Å². The Hall–Kier alpha value is 1.52. The SMILES string of the molecule is CN1P2(=O)N(C)P3(=S)N(C)P1(=O)N(C)P(=S)(N2C)N3C. The van der Waals surface area contributed by atoms with Crippen molar-refractivity contribution in [2.24, 2.45) is 0 Å². The zero-order valence-electron chi connectivity index (χ0n) is 12.1. The molecule has 4 aliphatic heterocycles. The maximum Gasteiger partial charge on any atom is 0.305 e. The normalized spacial score (nSPS) is 55.9. The zero-order chi connectivity index (χ0) is 15.5. The first kappa shape index (κ1) is 16.4. The van der Waals surface area contributed by atoms with Gasteiger partial charge < -0.3 is 0 Å². The van der Waals surface area contributed by atoms with Crippen LogP contribution in [0.2, 0.25) is 0 Å². The third-order valence-electron chi connectivity index (χ3n) is 4.52. The summed E-state index contributed by atoms with van der Waals surface area (Å²) in [7, 11) is 4.26. The minimum absolute atomic E-state index is 1.50. The molecule has 0 N–H and O–H groups in total. The summed E-state index contributed by atoms with van der Waals surface area (Å²) in [5, 5.41) is 0. The molecule has 8 nitrogen and oxygen atoms in total. The molecule has 116 valence electrons. The van der Waals surface area contributed by atoms with Crippen LogP contribution in [0.4, 0.5) is 0 Å². The number of hydrogen-bond donors (Lipinski definition) is 0. The predicted molar refractivity (Wildman–Crippen MR) is 90.4 cm³/mol. The van der Waals surface area contributed by atoms with Crippen LogP contribution in [-0.2, 0) is 32.7 Å². The molecule has 0 amide bonds. The Morgan fingerprint density at radius 1 is 0.550 bits per heavy atom. The minimum atomic E-state index is -3.15. The van der Waals surface area contributed by atoms with Gasteiger partial charge in [-0.3, -0.25) is 9.13 Å². The van der Waals surface area contributed by atoms with Crippen molar-refractivity contribution in [1.29, 1.82) is 0 Å². The Balaban J connectivity index is 2.48. The van der Waals surface area contributed by atoms with Gasteiger partial charge in [0.05, 0.1) is 0 Å². The monoisotopic (exact) mass is 394 g/mol. The zero-order valence-corrected chi connectivity index (χ0v) is 17.3. The van der Waals surface area contributed by atoms with E-state index in [9.17, 15) is 9.13 Å². The molecule has 0 aromatic rings. The van der Waals surface area contributed by atoms with E-state index in [0.717, 1.165) is 0 Å². The molecule has 4 heterocycles. The first-order valence-corrected chi connectivity index (χ1v) is 14.3. The van der Waals surface area contributed by atoms with Crippen molar-refractivity contribution >= 4 is 51.8 Å². The lowest BCUT2D eigenvalue weighted by Gasteiger charge is -2.72. The lowest BCUT2D eigenvalue weighted by Crippen LogP contribution is -2.58. The first-order valence-electron chi connectivity index (χ1n) is 5.81. The Morgan fingerprint density at radius 3 is 1.05 bits per heavy atom. The quantitative estimate of drug-likeness (QED) is 0.572. The summed E-state index contributed by atoms with van der Waals surface area (Å²) in [6.45, 7) is -5.05. The fourth-order valence-electron chi connectivity index (χ4n) is 3.16. The highest BCUT2D eigenvalue weighted by molar-refractivity contribution is 8.28. The van der Waals surface area contributed by atoms with Gasteiger partial charge in [-0.05, 0) is 23.6 Å². The van der Waals surface area contributed by atoms with Gasteiger partial charge in [-0.1, -0.05) is 0 Å². The summed E-state index contributed by atoms with van der Waals surface area (Å²) in [6, 6.07) is 0. The van der Waals surface area contributed by atoms with E-state index in [1.165, 1.54) is 4.44 Å². The molecule has 4 rings (SSSR count). The predicted octanol–water partition coefficient (Wildman–Crippen LogP) is 2.28. The lowest BCUT2D eigenvalue weighted by molar-refractivity contribution is 0.359. The highest BCUT2D eigenvalue weighted by atomic mass is 32.5. The second-order valence-electron chi connectivity index (χ2n) is 4.99. The molecule has 20 heavy (non-hydrogen) atoms. The molecule has 14 heteroatoms. The molecule has 0 aromatic carbocycles. The van der Waals surface area contributed by atoms with Crippen molar-refractivity contribution in [1.82, 2.24) is 26.6 Å². The van der Waals surface area contributed by atoms with E-state index in [2.05, 4.69) is 0 Å². The fourth-order valence-corrected chi connectivity index (χ4v) is 31.5. The molecular weight excluding hydrogens is 376 g/mol. The van der Waals surface area contributed by atoms with E-state index in [1.807, 2.05) is 11.5 Å². The second-order valence-corrected chi connectivity index (χ2v) is 21.1. The largest absolute Gasteiger partial charge is 0.305 e. The van der Waals surface area contributed by atoms with E-state index in [4.69, 9.17) is 23.6 Å². The molecule has 0 unspecified atom stereocenters. The molecule has 4 fully saturated rings. The molecule has 0 aliphatic carbocycles. The number of rotatable bonds is 0. The van der Waals surface area contributed by atoms with Gasteiger partial charge in [0.15, 0.2) is 13.0 Å². The standard InChI is InChI=1S/C6H18N6O2P4S2/c1-7-15(13)8(2)17(19)10(4)16(7,14)11(5)18(20,9(15)3)12(17)6/h1-6H3. The van der Waals surface area contributed by atoms with Gasteiger partial charge in [-0.25, -0.2) is 0 Å². The van der Waals surface area contributed by atoms with E-state index < -0.39 is 28.2 Å². The molecule has 0 aromatic heterocycles. The van der Waals surface area contributed by atoms with Gasteiger partial charge >= 0.3 is 15.2 Å². The van der Waals surface area contributed by atoms with Crippen LogP contribution in [0.25, 0.3) is 0 Å². The van der Waals surface area contributed by atoms with Gasteiger partial charge in [0.2, 0.25) is 0 Å². The van der Waals surface area contributed by atoms with Crippen molar-refractivity contribution in [2.45, 2.75) is 0 Å². The summed E-state index contributed by atoms with van der Waals surface area (Å²) >= 11 is 11.7. The average molecular weight is 394 g/mol. The third kappa shape index (κ3) is 1.24. The Labute approximate surface area is 130 Å².